The van der Waals surface area contributed by atoms with Gasteiger partial charge in [0, 0.05) is 32.2 Å². The summed E-state index contributed by atoms with van der Waals surface area (Å²) in [6.07, 6.45) is 1.31. The third kappa shape index (κ3) is 5.87. The Morgan fingerprint density at radius 2 is 1.78 bits per heavy atom. The maximum atomic E-state index is 12.0. The highest BCUT2D eigenvalue weighted by Gasteiger charge is 2.19. The predicted octanol–water partition coefficient (Wildman–Crippen LogP) is 4.92. The monoisotopic (exact) mass is 436 g/mol. The number of ether oxygens (including phenoxy) is 2. The van der Waals surface area contributed by atoms with Crippen LogP contribution in [-0.4, -0.2) is 60.9 Å². The minimum absolute atomic E-state index is 0.345. The maximum absolute atomic E-state index is 12.0. The number of aromatic nitrogens is 2. The van der Waals surface area contributed by atoms with Crippen molar-refractivity contribution in [3.63, 3.8) is 0 Å². The molecule has 2 aromatic heterocycles. The molecule has 3 rings (SSSR count). The SMILES string of the molecule is Cc1cc(-c2ccc(OCCN(C)C(=O)OC(C)(C)C)cn2)nc2cc(N(C)C)ccc12. The summed E-state index contributed by atoms with van der Waals surface area (Å²) in [6.45, 7) is 8.37. The first-order valence-electron chi connectivity index (χ1n) is 10.7. The molecule has 0 radical (unpaired) electrons. The number of fused-ring (bicyclic) bond motifs is 1. The Kier molecular flexibility index (Phi) is 6.87. The largest absolute Gasteiger partial charge is 0.490 e. The van der Waals surface area contributed by atoms with E-state index < -0.39 is 5.60 Å². The number of rotatable bonds is 6. The number of benzene rings is 1. The average molecular weight is 437 g/mol. The number of nitrogens with zero attached hydrogens (tertiary/aromatic N) is 4. The Balaban J connectivity index is 1.66. The molecule has 0 aliphatic heterocycles. The van der Waals surface area contributed by atoms with Crippen LogP contribution in [0.2, 0.25) is 0 Å². The second-order valence-electron chi connectivity index (χ2n) is 9.05. The lowest BCUT2D eigenvalue weighted by Gasteiger charge is -2.24. The number of anilines is 1. The van der Waals surface area contributed by atoms with Crippen LogP contribution >= 0.6 is 0 Å². The van der Waals surface area contributed by atoms with Gasteiger partial charge in [-0.05, 0) is 63.6 Å². The van der Waals surface area contributed by atoms with Crippen molar-refractivity contribution in [2.45, 2.75) is 33.3 Å². The van der Waals surface area contributed by atoms with Gasteiger partial charge in [-0.2, -0.15) is 0 Å². The van der Waals surface area contributed by atoms with Gasteiger partial charge in [0.2, 0.25) is 0 Å². The second-order valence-corrected chi connectivity index (χ2v) is 9.05. The van der Waals surface area contributed by atoms with Gasteiger partial charge in [0.05, 0.1) is 29.6 Å². The summed E-state index contributed by atoms with van der Waals surface area (Å²) in [5.41, 5.74) is 4.29. The van der Waals surface area contributed by atoms with Crippen LogP contribution in [-0.2, 0) is 4.74 Å². The third-order valence-electron chi connectivity index (χ3n) is 4.92. The third-order valence-corrected chi connectivity index (χ3v) is 4.92. The number of likely N-dealkylation sites (N-methyl/N-ethyl adjacent to an activating group) is 1. The Morgan fingerprint density at radius 1 is 1.03 bits per heavy atom. The predicted molar refractivity (Wildman–Crippen MR) is 128 cm³/mol. The van der Waals surface area contributed by atoms with Crippen LogP contribution in [0.4, 0.5) is 10.5 Å². The Labute approximate surface area is 190 Å². The maximum Gasteiger partial charge on any atom is 0.410 e. The number of amides is 1. The van der Waals surface area contributed by atoms with Crippen molar-refractivity contribution in [3.05, 3.63) is 48.2 Å². The molecule has 3 aromatic rings. The molecule has 1 aromatic carbocycles. The molecule has 0 aliphatic rings. The number of hydrogen-bond acceptors (Lipinski definition) is 6. The Hall–Kier alpha value is -3.35. The van der Waals surface area contributed by atoms with Crippen LogP contribution in [0, 0.1) is 6.92 Å². The quantitative estimate of drug-likeness (QED) is 0.547. The minimum Gasteiger partial charge on any atom is -0.490 e. The molecule has 170 valence electrons. The van der Waals surface area contributed by atoms with E-state index in [4.69, 9.17) is 14.5 Å². The minimum atomic E-state index is -0.519. The van der Waals surface area contributed by atoms with E-state index in [1.807, 2.05) is 47.0 Å². The number of pyridine rings is 2. The first kappa shape index (κ1) is 23.3. The topological polar surface area (TPSA) is 67.8 Å². The fourth-order valence-corrected chi connectivity index (χ4v) is 3.15. The van der Waals surface area contributed by atoms with Gasteiger partial charge in [0.1, 0.15) is 18.0 Å². The van der Waals surface area contributed by atoms with Crippen LogP contribution in [0.25, 0.3) is 22.3 Å². The van der Waals surface area contributed by atoms with Crippen LogP contribution < -0.4 is 9.64 Å². The molecular weight excluding hydrogens is 404 g/mol. The number of carbonyl (C=O) groups is 1. The van der Waals surface area contributed by atoms with Crippen LogP contribution in [0.1, 0.15) is 26.3 Å². The van der Waals surface area contributed by atoms with Crippen LogP contribution in [0.5, 0.6) is 5.75 Å². The van der Waals surface area contributed by atoms with Gasteiger partial charge in [-0.25, -0.2) is 9.78 Å². The van der Waals surface area contributed by atoms with Crippen molar-refractivity contribution in [2.24, 2.45) is 0 Å². The molecule has 7 nitrogen and oxygen atoms in total. The first-order chi connectivity index (χ1) is 15.0. The number of aryl methyl sites for hydroxylation is 1. The molecule has 0 N–H and O–H groups in total. The molecule has 0 unspecified atom stereocenters. The van der Waals surface area contributed by atoms with Crippen molar-refractivity contribution in [1.29, 1.82) is 0 Å². The van der Waals surface area contributed by atoms with Gasteiger partial charge in [0.15, 0.2) is 0 Å². The Bertz CT molecular complexity index is 1090. The van der Waals surface area contributed by atoms with E-state index in [9.17, 15) is 4.79 Å². The molecule has 0 saturated carbocycles. The highest BCUT2D eigenvalue weighted by Crippen LogP contribution is 2.27. The highest BCUT2D eigenvalue weighted by molar-refractivity contribution is 5.87. The van der Waals surface area contributed by atoms with Crippen molar-refractivity contribution in [3.8, 4) is 17.1 Å². The van der Waals surface area contributed by atoms with E-state index in [-0.39, 0.29) is 6.09 Å². The summed E-state index contributed by atoms with van der Waals surface area (Å²) in [4.78, 5) is 24.9. The molecule has 0 saturated heterocycles. The summed E-state index contributed by atoms with van der Waals surface area (Å²) in [5, 5.41) is 1.13. The van der Waals surface area contributed by atoms with E-state index in [2.05, 4.69) is 41.1 Å². The summed E-state index contributed by atoms with van der Waals surface area (Å²) < 4.78 is 11.1. The lowest BCUT2D eigenvalue weighted by molar-refractivity contribution is 0.0278. The zero-order valence-corrected chi connectivity index (χ0v) is 20.0. The molecule has 2 heterocycles. The molecule has 0 fully saturated rings. The fourth-order valence-electron chi connectivity index (χ4n) is 3.15. The molecule has 32 heavy (non-hydrogen) atoms. The first-order valence-corrected chi connectivity index (χ1v) is 10.7. The van der Waals surface area contributed by atoms with Gasteiger partial charge >= 0.3 is 6.09 Å². The van der Waals surface area contributed by atoms with Gasteiger partial charge in [0.25, 0.3) is 0 Å². The summed E-state index contributed by atoms with van der Waals surface area (Å²) in [5.74, 6) is 0.638. The van der Waals surface area contributed by atoms with E-state index in [1.54, 1.807) is 13.2 Å². The van der Waals surface area contributed by atoms with Gasteiger partial charge < -0.3 is 19.3 Å². The average Bonchev–Trinajstić information content (AvgIpc) is 2.72. The van der Waals surface area contributed by atoms with E-state index in [0.717, 1.165) is 33.5 Å². The summed E-state index contributed by atoms with van der Waals surface area (Å²) in [7, 11) is 5.72. The molecule has 0 aliphatic carbocycles. The van der Waals surface area contributed by atoms with E-state index >= 15 is 0 Å². The fraction of sp³-hybridized carbons (Fsp3) is 0.400. The molecule has 1 amide bonds. The number of hydrogen-bond donors (Lipinski definition) is 0. The molecular formula is C25H32N4O3. The Morgan fingerprint density at radius 3 is 2.41 bits per heavy atom. The van der Waals surface area contributed by atoms with Gasteiger partial charge in [-0.15, -0.1) is 0 Å². The number of carbonyl (C=O) groups excluding carboxylic acids is 1. The smallest absolute Gasteiger partial charge is 0.410 e. The van der Waals surface area contributed by atoms with Crippen molar-refractivity contribution in [1.82, 2.24) is 14.9 Å². The van der Waals surface area contributed by atoms with Crippen molar-refractivity contribution in [2.75, 3.05) is 39.2 Å². The normalized spacial score (nSPS) is 11.3. The lowest BCUT2D eigenvalue weighted by Crippen LogP contribution is -2.36. The zero-order valence-electron chi connectivity index (χ0n) is 20.0. The van der Waals surface area contributed by atoms with Gasteiger partial charge in [-0.3, -0.25) is 4.98 Å². The van der Waals surface area contributed by atoms with Crippen LogP contribution in [0.3, 0.4) is 0 Å². The molecule has 7 heteroatoms. The van der Waals surface area contributed by atoms with Crippen LogP contribution in [0.15, 0.2) is 42.6 Å². The van der Waals surface area contributed by atoms with E-state index in [0.29, 0.717) is 18.9 Å². The molecule has 0 spiro atoms. The molecule has 0 bridgehead atoms. The molecule has 0 atom stereocenters. The van der Waals surface area contributed by atoms with E-state index in [1.165, 1.54) is 4.90 Å². The standard InChI is InChI=1S/C25H32N4O3/c1-17-14-23(27-22-15-18(28(5)6)8-10-20(17)22)21-11-9-19(16-26-21)31-13-12-29(7)24(30)32-25(2,3)4/h8-11,14-16H,12-13H2,1-7H3. The zero-order chi connectivity index (χ0) is 23.5. The van der Waals surface area contributed by atoms with Gasteiger partial charge in [-0.1, -0.05) is 6.07 Å². The lowest BCUT2D eigenvalue weighted by atomic mass is 10.1. The van der Waals surface area contributed by atoms with Crippen molar-refractivity contribution < 1.29 is 14.3 Å². The highest BCUT2D eigenvalue weighted by atomic mass is 16.6. The second kappa shape index (κ2) is 9.42. The summed E-state index contributed by atoms with van der Waals surface area (Å²) >= 11 is 0. The summed E-state index contributed by atoms with van der Waals surface area (Å²) in [6, 6.07) is 12.1. The van der Waals surface area contributed by atoms with Crippen molar-refractivity contribution >= 4 is 22.7 Å².